The van der Waals surface area contributed by atoms with Crippen molar-refractivity contribution < 1.29 is 23.8 Å². The van der Waals surface area contributed by atoms with E-state index in [4.69, 9.17) is 9.47 Å². The summed E-state index contributed by atoms with van der Waals surface area (Å²) >= 11 is 0. The zero-order valence-corrected chi connectivity index (χ0v) is 21.4. The van der Waals surface area contributed by atoms with Crippen LogP contribution in [0, 0.1) is 0 Å². The first-order chi connectivity index (χ1) is 17.9. The second-order valence-corrected chi connectivity index (χ2v) is 8.95. The molecule has 1 saturated heterocycles. The van der Waals surface area contributed by atoms with Gasteiger partial charge in [0, 0.05) is 31.5 Å². The number of anilines is 2. The van der Waals surface area contributed by atoms with Gasteiger partial charge in [0.25, 0.3) is 5.91 Å². The summed E-state index contributed by atoms with van der Waals surface area (Å²) in [5, 5.41) is 0. The Bertz CT molecular complexity index is 1230. The van der Waals surface area contributed by atoms with Gasteiger partial charge in [-0.1, -0.05) is 48.5 Å². The van der Waals surface area contributed by atoms with Gasteiger partial charge in [0.2, 0.25) is 0 Å². The molecule has 1 aliphatic heterocycles. The number of carbonyl (C=O) groups is 2. The van der Waals surface area contributed by atoms with E-state index in [2.05, 4.69) is 46.0 Å². The average molecular weight is 501 g/mol. The van der Waals surface area contributed by atoms with E-state index < -0.39 is 12.1 Å². The van der Waals surface area contributed by atoms with Crippen molar-refractivity contribution in [1.82, 2.24) is 0 Å². The van der Waals surface area contributed by atoms with Gasteiger partial charge in [-0.15, -0.1) is 0 Å². The lowest BCUT2D eigenvalue weighted by Crippen LogP contribution is -2.45. The highest BCUT2D eigenvalue weighted by Gasteiger charge is 2.29. The maximum atomic E-state index is 13.5. The van der Waals surface area contributed by atoms with Gasteiger partial charge in [-0.25, -0.2) is 4.79 Å². The predicted molar refractivity (Wildman–Crippen MR) is 145 cm³/mol. The molecular weight excluding hydrogens is 468 g/mol. The van der Waals surface area contributed by atoms with Gasteiger partial charge in [-0.3, -0.25) is 4.79 Å². The SMILES string of the molecule is COC(=O)/C=C/c1cccc(N(Cc2ccc(-c3ccc(N(C)C)cc3)cc2)C(=O)[C@H]2COCCO2)c1. The highest BCUT2D eigenvalue weighted by Crippen LogP contribution is 2.26. The monoisotopic (exact) mass is 500 g/mol. The van der Waals surface area contributed by atoms with Gasteiger partial charge < -0.3 is 24.0 Å². The molecule has 1 atom stereocenters. The molecule has 0 spiro atoms. The molecule has 37 heavy (non-hydrogen) atoms. The molecule has 1 aliphatic rings. The minimum atomic E-state index is -0.669. The molecule has 1 fully saturated rings. The fraction of sp³-hybridized carbons (Fsp3) is 0.267. The van der Waals surface area contributed by atoms with Crippen LogP contribution in [0.5, 0.6) is 0 Å². The second kappa shape index (κ2) is 12.3. The van der Waals surface area contributed by atoms with Gasteiger partial charge in [0.15, 0.2) is 6.10 Å². The number of methoxy groups -OCH3 is 1. The van der Waals surface area contributed by atoms with Crippen molar-refractivity contribution in [2.24, 2.45) is 0 Å². The molecule has 0 aliphatic carbocycles. The molecule has 1 heterocycles. The summed E-state index contributed by atoms with van der Waals surface area (Å²) in [7, 11) is 5.37. The molecule has 192 valence electrons. The predicted octanol–water partition coefficient (Wildman–Crippen LogP) is 4.55. The van der Waals surface area contributed by atoms with E-state index in [1.165, 1.54) is 13.2 Å². The number of hydrogen-bond acceptors (Lipinski definition) is 6. The third-order valence-corrected chi connectivity index (χ3v) is 6.16. The Labute approximate surface area is 217 Å². The lowest BCUT2D eigenvalue weighted by atomic mass is 10.0. The summed E-state index contributed by atoms with van der Waals surface area (Å²) in [6, 6.07) is 24.1. The normalized spacial score (nSPS) is 15.4. The van der Waals surface area contributed by atoms with E-state index in [9.17, 15) is 9.59 Å². The Hall–Kier alpha value is -3.94. The molecule has 1 amide bonds. The third-order valence-electron chi connectivity index (χ3n) is 6.16. The Balaban J connectivity index is 1.58. The number of esters is 1. The lowest BCUT2D eigenvalue weighted by molar-refractivity contribution is -0.145. The van der Waals surface area contributed by atoms with Crippen molar-refractivity contribution in [3.05, 3.63) is 90.0 Å². The Morgan fingerprint density at radius 1 is 0.946 bits per heavy atom. The van der Waals surface area contributed by atoms with E-state index >= 15 is 0 Å². The van der Waals surface area contributed by atoms with Crippen LogP contribution in [0.15, 0.2) is 78.9 Å². The van der Waals surface area contributed by atoms with E-state index in [0.29, 0.717) is 25.4 Å². The first-order valence-electron chi connectivity index (χ1n) is 12.2. The quantitative estimate of drug-likeness (QED) is 0.334. The molecule has 4 rings (SSSR count). The summed E-state index contributed by atoms with van der Waals surface area (Å²) < 4.78 is 15.9. The number of carbonyl (C=O) groups excluding carboxylic acids is 2. The summed E-state index contributed by atoms with van der Waals surface area (Å²) in [6.07, 6.45) is 2.35. The van der Waals surface area contributed by atoms with Gasteiger partial charge >= 0.3 is 5.97 Å². The molecule has 0 bridgehead atoms. The summed E-state index contributed by atoms with van der Waals surface area (Å²) in [5.41, 5.74) is 5.84. The van der Waals surface area contributed by atoms with Crippen LogP contribution in [0.3, 0.4) is 0 Å². The molecule has 0 radical (unpaired) electrons. The molecule has 3 aromatic carbocycles. The van der Waals surface area contributed by atoms with Crippen LogP contribution in [0.1, 0.15) is 11.1 Å². The topological polar surface area (TPSA) is 68.3 Å². The van der Waals surface area contributed by atoms with Crippen molar-refractivity contribution in [3.63, 3.8) is 0 Å². The molecule has 0 aromatic heterocycles. The van der Waals surface area contributed by atoms with E-state index in [1.54, 1.807) is 11.0 Å². The Morgan fingerprint density at radius 3 is 2.27 bits per heavy atom. The number of rotatable bonds is 8. The van der Waals surface area contributed by atoms with Crippen LogP contribution in [-0.4, -0.2) is 59.0 Å². The lowest BCUT2D eigenvalue weighted by Gasteiger charge is -2.30. The maximum Gasteiger partial charge on any atom is 0.330 e. The van der Waals surface area contributed by atoms with Crippen molar-refractivity contribution >= 4 is 29.3 Å². The zero-order chi connectivity index (χ0) is 26.2. The molecule has 7 nitrogen and oxygen atoms in total. The Kier molecular flexibility index (Phi) is 8.72. The van der Waals surface area contributed by atoms with Crippen LogP contribution in [0.4, 0.5) is 11.4 Å². The maximum absolute atomic E-state index is 13.5. The minimum Gasteiger partial charge on any atom is -0.466 e. The average Bonchev–Trinajstić information content (AvgIpc) is 2.95. The van der Waals surface area contributed by atoms with Crippen LogP contribution in [0.25, 0.3) is 17.2 Å². The molecule has 0 N–H and O–H groups in total. The minimum absolute atomic E-state index is 0.169. The summed E-state index contributed by atoms with van der Waals surface area (Å²) in [5.74, 6) is -0.611. The van der Waals surface area contributed by atoms with E-state index in [1.807, 2.05) is 50.5 Å². The van der Waals surface area contributed by atoms with Gasteiger partial charge in [0.1, 0.15) is 0 Å². The van der Waals surface area contributed by atoms with Crippen LogP contribution < -0.4 is 9.80 Å². The zero-order valence-electron chi connectivity index (χ0n) is 21.4. The molecule has 0 unspecified atom stereocenters. The van der Waals surface area contributed by atoms with Crippen LogP contribution in [0.2, 0.25) is 0 Å². The standard InChI is InChI=1S/C30H32N2O5/c1-31(2)26-14-12-25(13-15-26)24-10-7-23(8-11-24)20-32(30(34)28-21-36-17-18-37-28)27-6-4-5-22(19-27)9-16-29(33)35-3/h4-16,19,28H,17-18,20-21H2,1-3H3/b16-9+/t28-/m1/s1. The Morgan fingerprint density at radius 2 is 1.65 bits per heavy atom. The van der Waals surface area contributed by atoms with Crippen molar-refractivity contribution in [2.45, 2.75) is 12.6 Å². The number of hydrogen-bond donors (Lipinski definition) is 0. The fourth-order valence-electron chi connectivity index (χ4n) is 4.07. The van der Waals surface area contributed by atoms with Gasteiger partial charge in [-0.2, -0.15) is 0 Å². The number of nitrogens with zero attached hydrogens (tertiary/aromatic N) is 2. The van der Waals surface area contributed by atoms with Crippen LogP contribution >= 0.6 is 0 Å². The second-order valence-electron chi connectivity index (χ2n) is 8.95. The van der Waals surface area contributed by atoms with E-state index in [-0.39, 0.29) is 12.5 Å². The molecule has 0 saturated carbocycles. The third kappa shape index (κ3) is 6.84. The summed E-state index contributed by atoms with van der Waals surface area (Å²) in [6.45, 7) is 1.45. The van der Waals surface area contributed by atoms with E-state index in [0.717, 1.165) is 27.9 Å². The van der Waals surface area contributed by atoms with Crippen molar-refractivity contribution in [2.75, 3.05) is 50.8 Å². The largest absolute Gasteiger partial charge is 0.466 e. The number of ether oxygens (including phenoxy) is 3. The van der Waals surface area contributed by atoms with Crippen LogP contribution in [-0.2, 0) is 30.3 Å². The number of benzene rings is 3. The van der Waals surface area contributed by atoms with Crippen molar-refractivity contribution in [3.8, 4) is 11.1 Å². The first-order valence-corrected chi connectivity index (χ1v) is 12.2. The van der Waals surface area contributed by atoms with Crippen molar-refractivity contribution in [1.29, 1.82) is 0 Å². The smallest absolute Gasteiger partial charge is 0.330 e. The molecule has 3 aromatic rings. The number of amides is 1. The van der Waals surface area contributed by atoms with Gasteiger partial charge in [-0.05, 0) is 52.6 Å². The fourth-order valence-corrected chi connectivity index (χ4v) is 4.07. The molecule has 7 heteroatoms. The highest BCUT2D eigenvalue weighted by atomic mass is 16.6. The highest BCUT2D eigenvalue weighted by molar-refractivity contribution is 5.97. The molecular formula is C30H32N2O5. The summed E-state index contributed by atoms with van der Waals surface area (Å²) in [4.78, 5) is 28.8. The first kappa shape index (κ1) is 26.1. The van der Waals surface area contributed by atoms with Gasteiger partial charge in [0.05, 0.1) is 33.5 Å².